The zero-order valence-corrected chi connectivity index (χ0v) is 12.1. The molecule has 1 aliphatic heterocycles. The van der Waals surface area contributed by atoms with E-state index in [1.807, 2.05) is 18.2 Å². The number of fused-ring (bicyclic) bond motifs is 1. The molecule has 0 saturated heterocycles. The third kappa shape index (κ3) is 2.70. The molecule has 0 spiro atoms. The van der Waals surface area contributed by atoms with Gasteiger partial charge in [0, 0.05) is 0 Å². The maximum Gasteiger partial charge on any atom is 0.122 e. The van der Waals surface area contributed by atoms with E-state index in [1.54, 1.807) is 0 Å². The van der Waals surface area contributed by atoms with Crippen molar-refractivity contribution in [1.29, 1.82) is 0 Å². The van der Waals surface area contributed by atoms with Crippen molar-refractivity contribution in [2.24, 2.45) is 5.73 Å². The minimum atomic E-state index is -0.311. The highest BCUT2D eigenvalue weighted by atomic mass is 16.5. The molecular weight excluding hydrogens is 246 g/mol. The lowest BCUT2D eigenvalue weighted by molar-refractivity contribution is 0.190. The Bertz CT molecular complexity index is 615. The van der Waals surface area contributed by atoms with Gasteiger partial charge in [0.1, 0.15) is 12.4 Å². The molecule has 2 heteroatoms. The average Bonchev–Trinajstić information content (AvgIpc) is 2.36. The molecule has 0 fully saturated rings. The summed E-state index contributed by atoms with van der Waals surface area (Å²) in [5.74, 6) is 0.981. The van der Waals surface area contributed by atoms with Crippen LogP contribution in [0.4, 0.5) is 0 Å². The van der Waals surface area contributed by atoms with Gasteiger partial charge in [0.25, 0.3) is 0 Å². The molecule has 0 radical (unpaired) electrons. The first-order valence-corrected chi connectivity index (χ1v) is 7.11. The fourth-order valence-corrected chi connectivity index (χ4v) is 3.13. The largest absolute Gasteiger partial charge is 0.491 e. The molecule has 0 saturated carbocycles. The van der Waals surface area contributed by atoms with Crippen LogP contribution in [0.5, 0.6) is 5.75 Å². The van der Waals surface area contributed by atoms with Crippen molar-refractivity contribution >= 4 is 0 Å². The minimum Gasteiger partial charge on any atom is -0.491 e. The SMILES string of the molecule is Cc1cc(C)cc(CC2(N)COc3ccccc3C2)c1. The number of ether oxygens (including phenoxy) is 1. The van der Waals surface area contributed by atoms with E-state index in [2.05, 4.69) is 38.1 Å². The maximum atomic E-state index is 6.58. The molecule has 2 N–H and O–H groups in total. The Morgan fingerprint density at radius 3 is 2.55 bits per heavy atom. The molecule has 1 unspecified atom stereocenters. The molecule has 20 heavy (non-hydrogen) atoms. The molecular formula is C18H21NO. The number of rotatable bonds is 2. The average molecular weight is 267 g/mol. The summed E-state index contributed by atoms with van der Waals surface area (Å²) in [7, 11) is 0. The van der Waals surface area contributed by atoms with Crippen LogP contribution in [0.1, 0.15) is 22.3 Å². The Hall–Kier alpha value is -1.80. The third-order valence-electron chi connectivity index (χ3n) is 3.87. The van der Waals surface area contributed by atoms with Crippen LogP contribution in [-0.2, 0) is 12.8 Å². The van der Waals surface area contributed by atoms with Gasteiger partial charge in [-0.15, -0.1) is 0 Å². The first-order valence-electron chi connectivity index (χ1n) is 7.11. The highest BCUT2D eigenvalue weighted by Gasteiger charge is 2.32. The van der Waals surface area contributed by atoms with Crippen LogP contribution in [0.3, 0.4) is 0 Å². The van der Waals surface area contributed by atoms with Gasteiger partial charge in [0.05, 0.1) is 5.54 Å². The Balaban J connectivity index is 1.84. The van der Waals surface area contributed by atoms with Crippen molar-refractivity contribution in [1.82, 2.24) is 0 Å². The summed E-state index contributed by atoms with van der Waals surface area (Å²) in [5, 5.41) is 0. The molecule has 1 atom stereocenters. The maximum absolute atomic E-state index is 6.58. The second-order valence-corrected chi connectivity index (χ2v) is 6.11. The summed E-state index contributed by atoms with van der Waals surface area (Å²) in [5.41, 5.74) is 11.4. The molecule has 104 valence electrons. The van der Waals surface area contributed by atoms with Crippen LogP contribution in [0.2, 0.25) is 0 Å². The van der Waals surface area contributed by atoms with Crippen LogP contribution < -0.4 is 10.5 Å². The number of benzene rings is 2. The van der Waals surface area contributed by atoms with E-state index in [4.69, 9.17) is 10.5 Å². The molecule has 0 amide bonds. The quantitative estimate of drug-likeness (QED) is 0.907. The summed E-state index contributed by atoms with van der Waals surface area (Å²) >= 11 is 0. The van der Waals surface area contributed by atoms with Crippen molar-refractivity contribution in [2.45, 2.75) is 32.2 Å². The van der Waals surface area contributed by atoms with Crippen molar-refractivity contribution < 1.29 is 4.74 Å². The Kier molecular flexibility index (Phi) is 3.27. The van der Waals surface area contributed by atoms with Gasteiger partial charge < -0.3 is 10.5 Å². The van der Waals surface area contributed by atoms with Crippen LogP contribution >= 0.6 is 0 Å². The van der Waals surface area contributed by atoms with E-state index in [0.717, 1.165) is 18.6 Å². The standard InChI is InChI=1S/C18H21NO/c1-13-7-14(2)9-15(8-13)10-18(19)11-16-5-3-4-6-17(16)20-12-18/h3-9H,10-12,19H2,1-2H3. The van der Waals surface area contributed by atoms with Gasteiger partial charge in [-0.1, -0.05) is 47.5 Å². The summed E-state index contributed by atoms with van der Waals surface area (Å²) in [4.78, 5) is 0. The Morgan fingerprint density at radius 1 is 1.10 bits per heavy atom. The Labute approximate surface area is 120 Å². The van der Waals surface area contributed by atoms with Gasteiger partial charge in [-0.2, -0.15) is 0 Å². The fourth-order valence-electron chi connectivity index (χ4n) is 3.13. The van der Waals surface area contributed by atoms with Gasteiger partial charge >= 0.3 is 0 Å². The zero-order chi connectivity index (χ0) is 14.2. The van der Waals surface area contributed by atoms with E-state index in [1.165, 1.54) is 22.3 Å². The highest BCUT2D eigenvalue weighted by molar-refractivity contribution is 5.38. The lowest BCUT2D eigenvalue weighted by Crippen LogP contribution is -2.51. The number of hydrogen-bond donors (Lipinski definition) is 1. The molecule has 3 rings (SSSR count). The predicted octanol–water partition coefficient (Wildman–Crippen LogP) is 3.18. The molecule has 1 heterocycles. The van der Waals surface area contributed by atoms with Crippen molar-refractivity contribution in [3.8, 4) is 5.75 Å². The lowest BCUT2D eigenvalue weighted by Gasteiger charge is -2.35. The van der Waals surface area contributed by atoms with Crippen molar-refractivity contribution in [3.05, 3.63) is 64.7 Å². The molecule has 0 aliphatic carbocycles. The fraction of sp³-hybridized carbons (Fsp3) is 0.333. The van der Waals surface area contributed by atoms with E-state index in [0.29, 0.717) is 6.61 Å². The van der Waals surface area contributed by atoms with Crippen LogP contribution in [0, 0.1) is 13.8 Å². The van der Waals surface area contributed by atoms with Gasteiger partial charge in [-0.05, 0) is 43.9 Å². The highest BCUT2D eigenvalue weighted by Crippen LogP contribution is 2.30. The number of para-hydroxylation sites is 1. The van der Waals surface area contributed by atoms with E-state index in [-0.39, 0.29) is 5.54 Å². The molecule has 0 bridgehead atoms. The first-order chi connectivity index (χ1) is 9.54. The monoisotopic (exact) mass is 267 g/mol. The minimum absolute atomic E-state index is 0.311. The number of hydrogen-bond acceptors (Lipinski definition) is 2. The van der Waals surface area contributed by atoms with E-state index >= 15 is 0 Å². The second-order valence-electron chi connectivity index (χ2n) is 6.11. The summed E-state index contributed by atoms with van der Waals surface area (Å²) in [6, 6.07) is 14.8. The van der Waals surface area contributed by atoms with Crippen LogP contribution in [-0.4, -0.2) is 12.1 Å². The zero-order valence-electron chi connectivity index (χ0n) is 12.1. The smallest absolute Gasteiger partial charge is 0.122 e. The topological polar surface area (TPSA) is 35.2 Å². The molecule has 1 aliphatic rings. The normalized spacial score (nSPS) is 21.1. The lowest BCUT2D eigenvalue weighted by atomic mass is 9.84. The van der Waals surface area contributed by atoms with Gasteiger partial charge in [-0.3, -0.25) is 0 Å². The predicted molar refractivity (Wildman–Crippen MR) is 82.2 cm³/mol. The summed E-state index contributed by atoms with van der Waals surface area (Å²) < 4.78 is 5.85. The third-order valence-corrected chi connectivity index (χ3v) is 3.87. The first kappa shape index (κ1) is 13.2. The molecule has 0 aromatic heterocycles. The van der Waals surface area contributed by atoms with Gasteiger partial charge in [0.15, 0.2) is 0 Å². The summed E-state index contributed by atoms with van der Waals surface area (Å²) in [6.07, 6.45) is 1.72. The van der Waals surface area contributed by atoms with E-state index in [9.17, 15) is 0 Å². The summed E-state index contributed by atoms with van der Waals surface area (Å²) in [6.45, 7) is 4.84. The van der Waals surface area contributed by atoms with Crippen LogP contribution in [0.15, 0.2) is 42.5 Å². The molecule has 2 nitrogen and oxygen atoms in total. The van der Waals surface area contributed by atoms with Crippen molar-refractivity contribution in [2.75, 3.05) is 6.61 Å². The molecule has 2 aromatic rings. The Morgan fingerprint density at radius 2 is 1.80 bits per heavy atom. The second kappa shape index (κ2) is 4.95. The van der Waals surface area contributed by atoms with Gasteiger partial charge in [0.2, 0.25) is 0 Å². The number of nitrogens with two attached hydrogens (primary N) is 1. The number of aryl methyl sites for hydroxylation is 2. The van der Waals surface area contributed by atoms with Crippen molar-refractivity contribution in [3.63, 3.8) is 0 Å². The van der Waals surface area contributed by atoms with Crippen LogP contribution in [0.25, 0.3) is 0 Å². The van der Waals surface area contributed by atoms with E-state index < -0.39 is 0 Å². The molecule has 2 aromatic carbocycles. The van der Waals surface area contributed by atoms with Gasteiger partial charge in [-0.25, -0.2) is 0 Å².